The van der Waals surface area contributed by atoms with Gasteiger partial charge >= 0.3 is 0 Å². The molecule has 1 aliphatic rings. The molecule has 0 unspecified atom stereocenters. The first-order valence-corrected chi connectivity index (χ1v) is 6.62. The average molecular weight is 303 g/mol. The second-order valence-corrected chi connectivity index (χ2v) is 5.41. The van der Waals surface area contributed by atoms with Gasteiger partial charge < -0.3 is 0 Å². The summed E-state index contributed by atoms with van der Waals surface area (Å²) in [6.07, 6.45) is 2.24. The number of aromatic nitrogens is 3. The van der Waals surface area contributed by atoms with Crippen molar-refractivity contribution in [1.82, 2.24) is 15.0 Å². The summed E-state index contributed by atoms with van der Waals surface area (Å²) in [6, 6.07) is 8.17. The van der Waals surface area contributed by atoms with Gasteiger partial charge in [-0.2, -0.15) is 5.26 Å². The molecule has 1 aromatic carbocycles. The lowest BCUT2D eigenvalue weighted by Gasteiger charge is -2.07. The number of hydrogen-bond donors (Lipinski definition) is 0. The summed E-state index contributed by atoms with van der Waals surface area (Å²) in [7, 11) is 0. The number of rotatable bonds is 2. The molecule has 1 saturated carbocycles. The van der Waals surface area contributed by atoms with Crippen molar-refractivity contribution in [2.45, 2.75) is 25.7 Å². The lowest BCUT2D eigenvalue weighted by Crippen LogP contribution is -2.02. The minimum atomic E-state index is 0.440. The second-order valence-electron chi connectivity index (χ2n) is 4.55. The highest BCUT2D eigenvalue weighted by atomic mass is 79.9. The van der Waals surface area contributed by atoms with E-state index in [0.29, 0.717) is 11.6 Å². The van der Waals surface area contributed by atoms with Crippen LogP contribution in [0.5, 0.6) is 0 Å². The summed E-state index contributed by atoms with van der Waals surface area (Å²) in [5, 5.41) is 17.2. The Labute approximate surface area is 113 Å². The van der Waals surface area contributed by atoms with Gasteiger partial charge in [-0.3, -0.25) is 0 Å². The van der Waals surface area contributed by atoms with Gasteiger partial charge in [-0.1, -0.05) is 27.2 Å². The highest BCUT2D eigenvalue weighted by Crippen LogP contribution is 2.41. The maximum absolute atomic E-state index is 9.08. The fourth-order valence-electron chi connectivity index (χ4n) is 2.00. The molecule has 0 spiro atoms. The Hall–Kier alpha value is -1.67. The van der Waals surface area contributed by atoms with Crippen LogP contribution in [0.1, 0.15) is 35.7 Å². The lowest BCUT2D eigenvalue weighted by molar-refractivity contribution is 0.763. The van der Waals surface area contributed by atoms with Crippen LogP contribution in [0.25, 0.3) is 5.69 Å². The van der Waals surface area contributed by atoms with Crippen LogP contribution < -0.4 is 0 Å². The summed E-state index contributed by atoms with van der Waals surface area (Å²) in [5.74, 6) is 0.440. The molecular formula is C13H11BrN4. The third-order valence-electron chi connectivity index (χ3n) is 3.17. The molecule has 90 valence electrons. The van der Waals surface area contributed by atoms with Gasteiger partial charge in [-0.25, -0.2) is 4.68 Å². The fraction of sp³-hybridized carbons (Fsp3) is 0.308. The van der Waals surface area contributed by atoms with E-state index in [0.717, 1.165) is 28.7 Å². The molecule has 0 atom stereocenters. The predicted molar refractivity (Wildman–Crippen MR) is 70.5 cm³/mol. The van der Waals surface area contributed by atoms with Gasteiger partial charge in [0, 0.05) is 10.4 Å². The van der Waals surface area contributed by atoms with Crippen molar-refractivity contribution < 1.29 is 0 Å². The number of hydrogen-bond acceptors (Lipinski definition) is 3. The van der Waals surface area contributed by atoms with Crippen molar-refractivity contribution in [2.24, 2.45) is 0 Å². The van der Waals surface area contributed by atoms with Gasteiger partial charge in [0.25, 0.3) is 0 Å². The van der Waals surface area contributed by atoms with Crippen LogP contribution in [-0.2, 0) is 0 Å². The quantitative estimate of drug-likeness (QED) is 0.856. The van der Waals surface area contributed by atoms with E-state index in [1.165, 1.54) is 5.56 Å². The molecule has 0 aliphatic heterocycles. The molecule has 0 bridgehead atoms. The van der Waals surface area contributed by atoms with Crippen LogP contribution in [0.4, 0.5) is 0 Å². The zero-order chi connectivity index (χ0) is 12.7. The normalized spacial score (nSPS) is 14.5. The zero-order valence-electron chi connectivity index (χ0n) is 9.89. The summed E-state index contributed by atoms with van der Waals surface area (Å²) in [6.45, 7) is 2.04. The molecule has 18 heavy (non-hydrogen) atoms. The first-order valence-electron chi connectivity index (χ1n) is 5.83. The Bertz CT molecular complexity index is 649. The van der Waals surface area contributed by atoms with E-state index in [1.807, 2.05) is 25.1 Å². The first kappa shape index (κ1) is 11.4. The van der Waals surface area contributed by atoms with E-state index >= 15 is 0 Å². The van der Waals surface area contributed by atoms with E-state index in [-0.39, 0.29) is 0 Å². The van der Waals surface area contributed by atoms with E-state index in [4.69, 9.17) is 5.26 Å². The van der Waals surface area contributed by atoms with Gasteiger partial charge in [0.1, 0.15) is 6.07 Å². The first-order chi connectivity index (χ1) is 8.70. The predicted octanol–water partition coefficient (Wildman–Crippen LogP) is 3.09. The molecule has 3 rings (SSSR count). The van der Waals surface area contributed by atoms with Crippen molar-refractivity contribution >= 4 is 15.9 Å². The highest BCUT2D eigenvalue weighted by Gasteiger charge is 2.31. The minimum absolute atomic E-state index is 0.440. The Morgan fingerprint density at radius 2 is 2.22 bits per heavy atom. The second kappa shape index (κ2) is 4.21. The Kier molecular flexibility index (Phi) is 2.67. The van der Waals surface area contributed by atoms with Gasteiger partial charge in [-0.05, 0) is 37.5 Å². The van der Waals surface area contributed by atoms with E-state index in [9.17, 15) is 0 Å². The topological polar surface area (TPSA) is 54.5 Å². The van der Waals surface area contributed by atoms with E-state index < -0.39 is 0 Å². The SMILES string of the molecule is Cc1ccc(-n2nnc(C#N)c2C2CC2)cc1Br. The molecule has 1 fully saturated rings. The van der Waals surface area contributed by atoms with Crippen molar-refractivity contribution in [2.75, 3.05) is 0 Å². The van der Waals surface area contributed by atoms with Gasteiger partial charge in [0.05, 0.1) is 11.4 Å². The highest BCUT2D eigenvalue weighted by molar-refractivity contribution is 9.10. The van der Waals surface area contributed by atoms with Crippen LogP contribution in [0, 0.1) is 18.3 Å². The third-order valence-corrected chi connectivity index (χ3v) is 4.03. The Morgan fingerprint density at radius 1 is 1.44 bits per heavy atom. The van der Waals surface area contributed by atoms with Crippen LogP contribution in [0.3, 0.4) is 0 Å². The summed E-state index contributed by atoms with van der Waals surface area (Å²) >= 11 is 3.52. The molecule has 2 aromatic rings. The van der Waals surface area contributed by atoms with Crippen molar-refractivity contribution in [3.05, 3.63) is 39.6 Å². The fourth-order valence-corrected chi connectivity index (χ4v) is 2.36. The molecule has 5 heteroatoms. The molecule has 0 amide bonds. The van der Waals surface area contributed by atoms with Crippen LogP contribution in [-0.4, -0.2) is 15.0 Å². The molecule has 0 N–H and O–H groups in total. The Balaban J connectivity index is 2.14. The van der Waals surface area contributed by atoms with Gasteiger partial charge in [-0.15, -0.1) is 5.10 Å². The number of nitrogens with zero attached hydrogens (tertiary/aromatic N) is 4. The molecule has 0 radical (unpaired) electrons. The number of nitriles is 1. The van der Waals surface area contributed by atoms with E-state index in [2.05, 4.69) is 32.3 Å². The van der Waals surface area contributed by atoms with Crippen molar-refractivity contribution in [1.29, 1.82) is 5.26 Å². The third kappa shape index (κ3) is 1.83. The monoisotopic (exact) mass is 302 g/mol. The van der Waals surface area contributed by atoms with Gasteiger partial charge in [0.15, 0.2) is 5.69 Å². The van der Waals surface area contributed by atoms with Crippen molar-refractivity contribution in [3.63, 3.8) is 0 Å². The summed E-state index contributed by atoms with van der Waals surface area (Å²) in [5.41, 5.74) is 3.53. The molecule has 1 aliphatic carbocycles. The molecule has 1 heterocycles. The van der Waals surface area contributed by atoms with Crippen LogP contribution >= 0.6 is 15.9 Å². The van der Waals surface area contributed by atoms with Crippen molar-refractivity contribution in [3.8, 4) is 11.8 Å². The lowest BCUT2D eigenvalue weighted by atomic mass is 10.2. The standard InChI is InChI=1S/C13H11BrN4/c1-8-2-5-10(6-11(8)14)18-13(9-3-4-9)12(7-15)16-17-18/h2,5-6,9H,3-4H2,1H3. The molecule has 4 nitrogen and oxygen atoms in total. The number of halogens is 1. The zero-order valence-corrected chi connectivity index (χ0v) is 11.5. The van der Waals surface area contributed by atoms with Crippen LogP contribution in [0.2, 0.25) is 0 Å². The largest absolute Gasteiger partial charge is 0.216 e. The molecular weight excluding hydrogens is 292 g/mol. The maximum Gasteiger partial charge on any atom is 0.186 e. The summed E-state index contributed by atoms with van der Waals surface area (Å²) in [4.78, 5) is 0. The Morgan fingerprint density at radius 3 is 2.83 bits per heavy atom. The minimum Gasteiger partial charge on any atom is -0.216 e. The molecule has 1 aromatic heterocycles. The molecule has 0 saturated heterocycles. The van der Waals surface area contributed by atoms with Gasteiger partial charge in [0.2, 0.25) is 0 Å². The average Bonchev–Trinajstić information content (AvgIpc) is 3.12. The number of benzene rings is 1. The summed E-state index contributed by atoms with van der Waals surface area (Å²) < 4.78 is 2.83. The van der Waals surface area contributed by atoms with Crippen LogP contribution in [0.15, 0.2) is 22.7 Å². The maximum atomic E-state index is 9.08. The smallest absolute Gasteiger partial charge is 0.186 e. The van der Waals surface area contributed by atoms with E-state index in [1.54, 1.807) is 4.68 Å². The number of aryl methyl sites for hydroxylation is 1.